The third-order valence-corrected chi connectivity index (χ3v) is 3.48. The highest BCUT2D eigenvalue weighted by Crippen LogP contribution is 2.34. The predicted molar refractivity (Wildman–Crippen MR) is 77.1 cm³/mol. The van der Waals surface area contributed by atoms with Gasteiger partial charge < -0.3 is 14.6 Å². The SMILES string of the molecule is CN(Cc1cnn(C)c1)C[C@@H](O)c1ccc2c(c1)OCO2. The summed E-state index contributed by atoms with van der Waals surface area (Å²) < 4.78 is 12.4. The fraction of sp³-hybridized carbons (Fsp3) is 0.400. The zero-order valence-electron chi connectivity index (χ0n) is 12.2. The van der Waals surface area contributed by atoms with E-state index >= 15 is 0 Å². The van der Waals surface area contributed by atoms with Crippen LogP contribution in [0.1, 0.15) is 17.2 Å². The Labute approximate surface area is 123 Å². The fourth-order valence-corrected chi connectivity index (χ4v) is 2.45. The molecule has 0 aliphatic carbocycles. The molecule has 3 rings (SSSR count). The maximum Gasteiger partial charge on any atom is 0.231 e. The summed E-state index contributed by atoms with van der Waals surface area (Å²) in [7, 11) is 3.87. The number of aliphatic hydroxyl groups is 1. The van der Waals surface area contributed by atoms with E-state index in [4.69, 9.17) is 9.47 Å². The smallest absolute Gasteiger partial charge is 0.231 e. The molecule has 0 bridgehead atoms. The van der Waals surface area contributed by atoms with Crippen molar-refractivity contribution in [3.05, 3.63) is 41.7 Å². The van der Waals surface area contributed by atoms with Crippen LogP contribution in [0.2, 0.25) is 0 Å². The van der Waals surface area contributed by atoms with Crippen LogP contribution in [0, 0.1) is 0 Å². The number of benzene rings is 1. The topological polar surface area (TPSA) is 59.8 Å². The second kappa shape index (κ2) is 5.75. The van der Waals surface area contributed by atoms with Crippen molar-refractivity contribution < 1.29 is 14.6 Å². The van der Waals surface area contributed by atoms with Crippen LogP contribution in [0.25, 0.3) is 0 Å². The molecule has 2 heterocycles. The van der Waals surface area contributed by atoms with E-state index in [1.165, 1.54) is 0 Å². The van der Waals surface area contributed by atoms with E-state index < -0.39 is 6.10 Å². The van der Waals surface area contributed by atoms with Gasteiger partial charge >= 0.3 is 0 Å². The third kappa shape index (κ3) is 3.17. The van der Waals surface area contributed by atoms with Crippen molar-refractivity contribution in [2.45, 2.75) is 12.6 Å². The van der Waals surface area contributed by atoms with Gasteiger partial charge in [0.1, 0.15) is 0 Å². The molecule has 21 heavy (non-hydrogen) atoms. The molecule has 0 fully saturated rings. The van der Waals surface area contributed by atoms with Crippen LogP contribution in [-0.2, 0) is 13.6 Å². The number of fused-ring (bicyclic) bond motifs is 1. The van der Waals surface area contributed by atoms with Gasteiger partial charge in [-0.1, -0.05) is 6.07 Å². The van der Waals surface area contributed by atoms with Crippen molar-refractivity contribution in [1.29, 1.82) is 0 Å². The lowest BCUT2D eigenvalue weighted by Gasteiger charge is -2.20. The van der Waals surface area contributed by atoms with Crippen molar-refractivity contribution in [3.8, 4) is 11.5 Å². The number of aryl methyl sites for hydroxylation is 1. The van der Waals surface area contributed by atoms with Crippen LogP contribution >= 0.6 is 0 Å². The van der Waals surface area contributed by atoms with Crippen LogP contribution < -0.4 is 9.47 Å². The average Bonchev–Trinajstić information content (AvgIpc) is 3.06. The lowest BCUT2D eigenvalue weighted by atomic mass is 10.1. The molecule has 112 valence electrons. The van der Waals surface area contributed by atoms with Crippen molar-refractivity contribution in [1.82, 2.24) is 14.7 Å². The van der Waals surface area contributed by atoms with Crippen LogP contribution in [-0.4, -0.2) is 40.2 Å². The summed E-state index contributed by atoms with van der Waals surface area (Å²) in [5, 5.41) is 14.5. The molecule has 1 aromatic carbocycles. The minimum atomic E-state index is -0.568. The van der Waals surface area contributed by atoms with Gasteiger partial charge in [0.05, 0.1) is 12.3 Å². The molecule has 0 saturated heterocycles. The van der Waals surface area contributed by atoms with Gasteiger partial charge in [-0.05, 0) is 24.7 Å². The van der Waals surface area contributed by atoms with Crippen LogP contribution in [0.4, 0.5) is 0 Å². The Bertz CT molecular complexity index is 626. The van der Waals surface area contributed by atoms with E-state index in [1.54, 1.807) is 4.68 Å². The predicted octanol–water partition coefficient (Wildman–Crippen LogP) is 1.31. The van der Waals surface area contributed by atoms with Crippen molar-refractivity contribution in [2.75, 3.05) is 20.4 Å². The molecule has 0 unspecified atom stereocenters. The van der Waals surface area contributed by atoms with Gasteiger partial charge in [0, 0.05) is 31.9 Å². The summed E-state index contributed by atoms with van der Waals surface area (Å²) >= 11 is 0. The second-order valence-corrected chi connectivity index (χ2v) is 5.35. The maximum absolute atomic E-state index is 10.3. The van der Waals surface area contributed by atoms with E-state index in [-0.39, 0.29) is 6.79 Å². The molecule has 1 N–H and O–H groups in total. The standard InChI is InChI=1S/C15H19N3O3/c1-17(7-11-6-16-18(2)8-11)9-13(19)12-3-4-14-15(5-12)21-10-20-14/h3-6,8,13,19H,7,9-10H2,1-2H3/t13-/m1/s1. The number of aromatic nitrogens is 2. The fourth-order valence-electron chi connectivity index (χ4n) is 2.45. The van der Waals surface area contributed by atoms with Gasteiger partial charge in [-0.15, -0.1) is 0 Å². The summed E-state index contributed by atoms with van der Waals surface area (Å²) in [5.74, 6) is 1.43. The minimum Gasteiger partial charge on any atom is -0.454 e. The molecule has 6 nitrogen and oxygen atoms in total. The molecule has 0 spiro atoms. The highest BCUT2D eigenvalue weighted by molar-refractivity contribution is 5.45. The van der Waals surface area contributed by atoms with Crippen molar-refractivity contribution in [2.24, 2.45) is 7.05 Å². The first-order valence-electron chi connectivity index (χ1n) is 6.85. The second-order valence-electron chi connectivity index (χ2n) is 5.35. The molecule has 0 saturated carbocycles. The zero-order valence-corrected chi connectivity index (χ0v) is 12.2. The van der Waals surface area contributed by atoms with E-state index in [1.807, 2.05) is 44.7 Å². The Morgan fingerprint density at radius 1 is 1.38 bits per heavy atom. The number of rotatable bonds is 5. The Morgan fingerprint density at radius 2 is 2.19 bits per heavy atom. The number of aliphatic hydroxyl groups excluding tert-OH is 1. The summed E-state index contributed by atoms with van der Waals surface area (Å²) in [4.78, 5) is 2.06. The lowest BCUT2D eigenvalue weighted by Crippen LogP contribution is -2.24. The minimum absolute atomic E-state index is 0.246. The van der Waals surface area contributed by atoms with Gasteiger partial charge in [0.15, 0.2) is 11.5 Å². The molecular weight excluding hydrogens is 270 g/mol. The van der Waals surface area contributed by atoms with E-state index in [2.05, 4.69) is 10.00 Å². The first-order valence-corrected chi connectivity index (χ1v) is 6.85. The Hall–Kier alpha value is -2.05. The third-order valence-electron chi connectivity index (χ3n) is 3.48. The molecule has 1 aromatic heterocycles. The van der Waals surface area contributed by atoms with E-state index in [9.17, 15) is 5.11 Å². The first-order chi connectivity index (χ1) is 10.1. The van der Waals surface area contributed by atoms with Gasteiger partial charge in [0.25, 0.3) is 0 Å². The Morgan fingerprint density at radius 3 is 2.95 bits per heavy atom. The number of likely N-dealkylation sites (N-methyl/N-ethyl adjacent to an activating group) is 1. The summed E-state index contributed by atoms with van der Waals surface area (Å²) in [5.41, 5.74) is 1.95. The summed E-state index contributed by atoms with van der Waals surface area (Å²) in [6, 6.07) is 5.54. The summed E-state index contributed by atoms with van der Waals surface area (Å²) in [6.07, 6.45) is 3.24. The highest BCUT2D eigenvalue weighted by atomic mass is 16.7. The zero-order chi connectivity index (χ0) is 14.8. The monoisotopic (exact) mass is 289 g/mol. The quantitative estimate of drug-likeness (QED) is 0.899. The van der Waals surface area contributed by atoms with E-state index in [0.29, 0.717) is 12.3 Å². The highest BCUT2D eigenvalue weighted by Gasteiger charge is 2.17. The summed E-state index contributed by atoms with van der Waals surface area (Å²) in [6.45, 7) is 1.53. The van der Waals surface area contributed by atoms with Crippen LogP contribution in [0.5, 0.6) is 11.5 Å². The van der Waals surface area contributed by atoms with E-state index in [0.717, 1.165) is 23.4 Å². The molecule has 6 heteroatoms. The lowest BCUT2D eigenvalue weighted by molar-refractivity contribution is 0.123. The average molecular weight is 289 g/mol. The molecule has 1 atom stereocenters. The number of nitrogens with zero attached hydrogens (tertiary/aromatic N) is 3. The molecule has 1 aliphatic rings. The van der Waals surface area contributed by atoms with Crippen LogP contribution in [0.15, 0.2) is 30.6 Å². The molecule has 1 aliphatic heterocycles. The van der Waals surface area contributed by atoms with Gasteiger partial charge in [-0.2, -0.15) is 5.10 Å². The number of ether oxygens (including phenoxy) is 2. The number of hydrogen-bond donors (Lipinski definition) is 1. The molecular formula is C15H19N3O3. The van der Waals surface area contributed by atoms with Gasteiger partial charge in [-0.25, -0.2) is 0 Å². The van der Waals surface area contributed by atoms with Gasteiger partial charge in [0.2, 0.25) is 6.79 Å². The molecule has 2 aromatic rings. The Balaban J connectivity index is 1.61. The maximum atomic E-state index is 10.3. The normalized spacial score (nSPS) is 14.7. The Kier molecular flexibility index (Phi) is 3.81. The van der Waals surface area contributed by atoms with Crippen molar-refractivity contribution in [3.63, 3.8) is 0 Å². The molecule has 0 radical (unpaired) electrons. The van der Waals surface area contributed by atoms with Crippen molar-refractivity contribution >= 4 is 0 Å². The molecule has 0 amide bonds. The number of hydrogen-bond acceptors (Lipinski definition) is 5. The van der Waals surface area contributed by atoms with Gasteiger partial charge in [-0.3, -0.25) is 9.58 Å². The first kappa shape index (κ1) is 13.9. The van der Waals surface area contributed by atoms with Crippen LogP contribution in [0.3, 0.4) is 0 Å². The largest absolute Gasteiger partial charge is 0.454 e.